The largest absolute Gasteiger partial charge is 0.506 e. The highest BCUT2D eigenvalue weighted by molar-refractivity contribution is 6.35. The first kappa shape index (κ1) is 15.9. The Morgan fingerprint density at radius 2 is 2.10 bits per heavy atom. The van der Waals surface area contributed by atoms with E-state index in [1.54, 1.807) is 12.1 Å². The molecule has 0 radical (unpaired) electrons. The van der Waals surface area contributed by atoms with E-state index in [0.29, 0.717) is 28.5 Å². The Hall–Kier alpha value is -0.480. The monoisotopic (exact) mass is 316 g/mol. The third kappa shape index (κ3) is 3.40. The molecule has 3 nitrogen and oxygen atoms in total. The van der Waals surface area contributed by atoms with Gasteiger partial charge in [0.25, 0.3) is 0 Å². The molecule has 0 spiro atoms. The van der Waals surface area contributed by atoms with Gasteiger partial charge in [0, 0.05) is 23.2 Å². The molecule has 112 valence electrons. The first-order valence-electron chi connectivity index (χ1n) is 7.17. The fraction of sp³-hybridized carbons (Fsp3) is 0.600. The smallest absolute Gasteiger partial charge is 0.138 e. The Morgan fingerprint density at radius 1 is 1.35 bits per heavy atom. The SMILES string of the molecule is CCN(Cc1cc(Cl)cc(Cl)c1O)C1CCCC1CN. The second-order valence-electron chi connectivity index (χ2n) is 5.45. The quantitative estimate of drug-likeness (QED) is 0.871. The van der Waals surface area contributed by atoms with Crippen LogP contribution in [0.1, 0.15) is 31.7 Å². The number of hydrogen-bond acceptors (Lipinski definition) is 3. The van der Waals surface area contributed by atoms with Gasteiger partial charge in [-0.1, -0.05) is 36.5 Å². The topological polar surface area (TPSA) is 49.5 Å². The van der Waals surface area contributed by atoms with E-state index in [9.17, 15) is 5.11 Å². The number of phenols is 1. The van der Waals surface area contributed by atoms with Crippen LogP contribution in [0.15, 0.2) is 12.1 Å². The number of halogens is 2. The van der Waals surface area contributed by atoms with Gasteiger partial charge in [0.2, 0.25) is 0 Å². The van der Waals surface area contributed by atoms with Gasteiger partial charge in [0.1, 0.15) is 5.75 Å². The average molecular weight is 317 g/mol. The summed E-state index contributed by atoms with van der Waals surface area (Å²) in [5.74, 6) is 0.684. The summed E-state index contributed by atoms with van der Waals surface area (Å²) in [7, 11) is 0. The number of phenolic OH excluding ortho intramolecular Hbond substituents is 1. The highest BCUT2D eigenvalue weighted by Crippen LogP contribution is 2.35. The number of nitrogens with zero attached hydrogens (tertiary/aromatic N) is 1. The van der Waals surface area contributed by atoms with Crippen molar-refractivity contribution in [3.8, 4) is 5.75 Å². The fourth-order valence-corrected chi connectivity index (χ4v) is 3.73. The molecule has 3 N–H and O–H groups in total. The Kier molecular flexibility index (Phi) is 5.56. The standard InChI is InChI=1S/C15H22Cl2N2O/c1-2-19(14-5-3-4-10(14)8-18)9-11-6-12(16)7-13(17)15(11)20/h6-7,10,14,20H,2-5,8-9,18H2,1H3. The summed E-state index contributed by atoms with van der Waals surface area (Å²) in [6, 6.07) is 3.84. The van der Waals surface area contributed by atoms with Gasteiger partial charge < -0.3 is 10.8 Å². The van der Waals surface area contributed by atoms with Crippen molar-refractivity contribution in [2.75, 3.05) is 13.1 Å². The zero-order valence-electron chi connectivity index (χ0n) is 11.8. The van der Waals surface area contributed by atoms with Gasteiger partial charge in [-0.05, 0) is 44.0 Å². The number of benzene rings is 1. The lowest BCUT2D eigenvalue weighted by molar-refractivity contribution is 0.161. The molecule has 2 unspecified atom stereocenters. The first-order valence-corrected chi connectivity index (χ1v) is 7.93. The van der Waals surface area contributed by atoms with Gasteiger partial charge in [-0.3, -0.25) is 4.90 Å². The van der Waals surface area contributed by atoms with E-state index in [1.807, 2.05) is 0 Å². The summed E-state index contributed by atoms with van der Waals surface area (Å²) in [4.78, 5) is 2.37. The van der Waals surface area contributed by atoms with E-state index >= 15 is 0 Å². The van der Waals surface area contributed by atoms with E-state index in [-0.39, 0.29) is 5.75 Å². The molecule has 1 aliphatic carbocycles. The van der Waals surface area contributed by atoms with Gasteiger partial charge in [-0.15, -0.1) is 0 Å². The summed E-state index contributed by atoms with van der Waals surface area (Å²) in [5.41, 5.74) is 6.65. The molecule has 1 aliphatic rings. The molecule has 1 aromatic rings. The second kappa shape index (κ2) is 6.99. The van der Waals surface area contributed by atoms with Gasteiger partial charge in [0.05, 0.1) is 5.02 Å². The summed E-state index contributed by atoms with van der Waals surface area (Å²) < 4.78 is 0. The summed E-state index contributed by atoms with van der Waals surface area (Å²) in [5, 5.41) is 11.0. The van der Waals surface area contributed by atoms with Crippen LogP contribution in [-0.2, 0) is 6.54 Å². The van der Waals surface area contributed by atoms with Crippen LogP contribution in [-0.4, -0.2) is 29.1 Å². The van der Waals surface area contributed by atoms with Crippen molar-refractivity contribution >= 4 is 23.2 Å². The van der Waals surface area contributed by atoms with Crippen molar-refractivity contribution in [3.05, 3.63) is 27.7 Å². The minimum atomic E-state index is 0.136. The van der Waals surface area contributed by atoms with E-state index in [1.165, 1.54) is 19.3 Å². The highest BCUT2D eigenvalue weighted by Gasteiger charge is 2.30. The van der Waals surface area contributed by atoms with E-state index in [4.69, 9.17) is 28.9 Å². The van der Waals surface area contributed by atoms with Crippen LogP contribution >= 0.6 is 23.2 Å². The summed E-state index contributed by atoms with van der Waals surface area (Å²) in [6.45, 7) is 4.44. The van der Waals surface area contributed by atoms with Gasteiger partial charge >= 0.3 is 0 Å². The molecule has 0 amide bonds. The molecule has 1 fully saturated rings. The van der Waals surface area contributed by atoms with E-state index in [0.717, 1.165) is 18.7 Å². The van der Waals surface area contributed by atoms with Crippen molar-refractivity contribution < 1.29 is 5.11 Å². The van der Waals surface area contributed by atoms with Crippen molar-refractivity contribution in [2.45, 2.75) is 38.8 Å². The number of rotatable bonds is 5. The van der Waals surface area contributed by atoms with Gasteiger partial charge in [-0.25, -0.2) is 0 Å². The lowest BCUT2D eigenvalue weighted by Gasteiger charge is -2.32. The Labute approximate surface area is 130 Å². The molecule has 0 heterocycles. The minimum Gasteiger partial charge on any atom is -0.506 e. The molecule has 2 atom stereocenters. The molecule has 2 rings (SSSR count). The maximum Gasteiger partial charge on any atom is 0.138 e. The minimum absolute atomic E-state index is 0.136. The molecular weight excluding hydrogens is 295 g/mol. The third-order valence-electron chi connectivity index (χ3n) is 4.28. The molecule has 0 saturated heterocycles. The molecule has 0 aromatic heterocycles. The summed E-state index contributed by atoms with van der Waals surface area (Å²) >= 11 is 12.0. The lowest BCUT2D eigenvalue weighted by Crippen LogP contribution is -2.39. The van der Waals surface area contributed by atoms with Crippen molar-refractivity contribution in [1.82, 2.24) is 4.90 Å². The van der Waals surface area contributed by atoms with Gasteiger partial charge in [0.15, 0.2) is 0 Å². The maximum absolute atomic E-state index is 10.1. The summed E-state index contributed by atoms with van der Waals surface area (Å²) in [6.07, 6.45) is 3.59. The zero-order chi connectivity index (χ0) is 14.7. The molecule has 1 saturated carbocycles. The molecular formula is C15H22Cl2N2O. The molecule has 5 heteroatoms. The van der Waals surface area contributed by atoms with Crippen molar-refractivity contribution in [2.24, 2.45) is 11.7 Å². The van der Waals surface area contributed by atoms with Crippen LogP contribution in [0.5, 0.6) is 5.75 Å². The Morgan fingerprint density at radius 3 is 2.75 bits per heavy atom. The van der Waals surface area contributed by atoms with Crippen LogP contribution in [0, 0.1) is 5.92 Å². The van der Waals surface area contributed by atoms with Crippen LogP contribution < -0.4 is 5.73 Å². The van der Waals surface area contributed by atoms with Crippen molar-refractivity contribution in [1.29, 1.82) is 0 Å². The molecule has 1 aromatic carbocycles. The predicted octanol–water partition coefficient (Wildman–Crippen LogP) is 3.65. The lowest BCUT2D eigenvalue weighted by atomic mass is 10.0. The Balaban J connectivity index is 2.18. The van der Waals surface area contributed by atoms with Crippen LogP contribution in [0.3, 0.4) is 0 Å². The van der Waals surface area contributed by atoms with E-state index in [2.05, 4.69) is 11.8 Å². The highest BCUT2D eigenvalue weighted by atomic mass is 35.5. The van der Waals surface area contributed by atoms with Crippen LogP contribution in [0.25, 0.3) is 0 Å². The normalized spacial score (nSPS) is 22.6. The first-order chi connectivity index (χ1) is 9.56. The number of aromatic hydroxyl groups is 1. The maximum atomic E-state index is 10.1. The second-order valence-corrected chi connectivity index (χ2v) is 6.30. The van der Waals surface area contributed by atoms with E-state index < -0.39 is 0 Å². The van der Waals surface area contributed by atoms with Gasteiger partial charge in [-0.2, -0.15) is 0 Å². The molecule has 20 heavy (non-hydrogen) atoms. The molecule has 0 aliphatic heterocycles. The van der Waals surface area contributed by atoms with Crippen LogP contribution in [0.2, 0.25) is 10.0 Å². The number of nitrogens with two attached hydrogens (primary N) is 1. The third-order valence-corrected chi connectivity index (χ3v) is 4.78. The predicted molar refractivity (Wildman–Crippen MR) is 84.4 cm³/mol. The van der Waals surface area contributed by atoms with Crippen LogP contribution in [0.4, 0.5) is 0 Å². The number of hydrogen-bond donors (Lipinski definition) is 2. The average Bonchev–Trinajstić information content (AvgIpc) is 2.89. The molecule has 0 bridgehead atoms. The fourth-order valence-electron chi connectivity index (χ4n) is 3.20. The zero-order valence-corrected chi connectivity index (χ0v) is 13.3. The Bertz CT molecular complexity index is 467. The van der Waals surface area contributed by atoms with Crippen molar-refractivity contribution in [3.63, 3.8) is 0 Å².